The van der Waals surface area contributed by atoms with Gasteiger partial charge in [0.05, 0.1) is 38.3 Å². The van der Waals surface area contributed by atoms with Crippen LogP contribution in [0.5, 0.6) is 5.75 Å². The van der Waals surface area contributed by atoms with Crippen molar-refractivity contribution < 1.29 is 78.3 Å². The number of thiol groups is 2. The number of amides is 9. The number of rotatable bonds is 30. The van der Waals surface area contributed by atoms with E-state index in [1.165, 1.54) is 45.0 Å². The lowest BCUT2D eigenvalue weighted by atomic mass is 10.0. The number of nitrogens with one attached hydrogen (secondary N) is 9. The van der Waals surface area contributed by atoms with Gasteiger partial charge in [0.25, 0.3) is 0 Å². The maximum absolute atomic E-state index is 13.7. The monoisotopic (exact) mass is 1020 g/mol. The van der Waals surface area contributed by atoms with Crippen molar-refractivity contribution >= 4 is 90.4 Å². The highest BCUT2D eigenvalue weighted by molar-refractivity contribution is 7.80. The molecule has 386 valence electrons. The van der Waals surface area contributed by atoms with Gasteiger partial charge >= 0.3 is 11.9 Å². The standard InChI is InChI=1S/C41H64N10O16S2/c1-18(2)10-24(46-34(59)23(42)16-68)38(63)51-33(20(5)53)40(65)47-25(11-21-6-8-22(54)9-7-21)35(60)43-14-30(56)50-32(19(3)4)39(64)48-27(15-52)36(61)44-13-29(55)45-26(12-31(57)58)37(62)49-28(17-69)41(66)67/h6-9,18-20,23-28,32-33,52-54,68-69H,10-17,42H2,1-5H3,(H,43,60)(H,44,61)(H,45,55)(H,46,59)(H,47,65)(H,48,64)(H,49,62)(H,50,56)(H,51,63)(H,57,58)(H,66,67)/t20-,23+,24+,25+,26+,27+,28+,32+,33+/m1/s1. The fourth-order valence-electron chi connectivity index (χ4n) is 5.95. The fourth-order valence-corrected chi connectivity index (χ4v) is 6.36. The van der Waals surface area contributed by atoms with Crippen molar-refractivity contribution in [2.45, 2.75) is 108 Å². The van der Waals surface area contributed by atoms with Gasteiger partial charge in [-0.2, -0.15) is 25.3 Å². The minimum Gasteiger partial charge on any atom is -0.508 e. The maximum Gasteiger partial charge on any atom is 0.327 e. The molecule has 1 aromatic rings. The lowest BCUT2D eigenvalue weighted by molar-refractivity contribution is -0.143. The average Bonchev–Trinajstić information content (AvgIpc) is 3.27. The first kappa shape index (κ1) is 60.8. The SMILES string of the molecule is CC(C)C[C@H](NC(=O)[C@@H](N)CS)C(=O)N[C@H](C(=O)N[C@@H](Cc1ccc(O)cc1)C(=O)NCC(=O)N[C@H](C(=O)N[C@@H](CO)C(=O)NCC(=O)N[C@@H](CC(=O)O)C(=O)N[C@@H](CS)C(=O)O)C(C)C)[C@@H](C)O. The molecule has 0 aliphatic carbocycles. The van der Waals surface area contributed by atoms with E-state index in [1.807, 2.05) is 10.6 Å². The molecule has 0 heterocycles. The van der Waals surface area contributed by atoms with E-state index in [4.69, 9.17) is 10.8 Å². The molecule has 0 unspecified atom stereocenters. The van der Waals surface area contributed by atoms with Gasteiger partial charge in [-0.25, -0.2) is 4.79 Å². The van der Waals surface area contributed by atoms with Gasteiger partial charge in [0.15, 0.2) is 0 Å². The summed E-state index contributed by atoms with van der Waals surface area (Å²) in [6.07, 6.45) is -2.62. The largest absolute Gasteiger partial charge is 0.508 e. The van der Waals surface area contributed by atoms with E-state index in [0.717, 1.165) is 0 Å². The molecule has 0 bridgehead atoms. The van der Waals surface area contributed by atoms with E-state index in [-0.39, 0.29) is 36.0 Å². The molecule has 9 atom stereocenters. The molecule has 0 saturated heterocycles. The van der Waals surface area contributed by atoms with E-state index < -0.39 is 152 Å². The zero-order chi connectivity index (χ0) is 52.7. The number of phenols is 1. The van der Waals surface area contributed by atoms with Crippen LogP contribution in [0.2, 0.25) is 0 Å². The highest BCUT2D eigenvalue weighted by Gasteiger charge is 2.35. The second kappa shape index (κ2) is 30.3. The third kappa shape index (κ3) is 22.2. The lowest BCUT2D eigenvalue weighted by Gasteiger charge is -2.28. The summed E-state index contributed by atoms with van der Waals surface area (Å²) >= 11 is 7.79. The van der Waals surface area contributed by atoms with Gasteiger partial charge < -0.3 is 79.1 Å². The third-order valence-corrected chi connectivity index (χ3v) is 10.5. The summed E-state index contributed by atoms with van der Waals surface area (Å²) in [5.74, 6) is -13.2. The Labute approximate surface area is 408 Å². The van der Waals surface area contributed by atoms with Gasteiger partial charge in [-0.15, -0.1) is 0 Å². The van der Waals surface area contributed by atoms with Crippen molar-refractivity contribution in [3.05, 3.63) is 29.8 Å². The molecule has 0 spiro atoms. The zero-order valence-corrected chi connectivity index (χ0v) is 40.3. The molecule has 0 aromatic heterocycles. The maximum atomic E-state index is 13.7. The van der Waals surface area contributed by atoms with E-state index in [1.54, 1.807) is 13.8 Å². The normalized spacial score (nSPS) is 15.0. The summed E-state index contributed by atoms with van der Waals surface area (Å²) in [6.45, 7) is 5.07. The summed E-state index contributed by atoms with van der Waals surface area (Å²) in [6, 6.07) is -6.25. The Morgan fingerprint density at radius 2 is 1.07 bits per heavy atom. The minimum atomic E-state index is -1.77. The number of benzene rings is 1. The van der Waals surface area contributed by atoms with Crippen LogP contribution in [-0.2, 0) is 59.2 Å². The van der Waals surface area contributed by atoms with Crippen molar-refractivity contribution in [3.8, 4) is 5.75 Å². The number of nitrogens with two attached hydrogens (primary N) is 1. The number of aromatic hydroxyl groups is 1. The van der Waals surface area contributed by atoms with Crippen LogP contribution in [0.25, 0.3) is 0 Å². The molecule has 0 fully saturated rings. The van der Waals surface area contributed by atoms with E-state index in [2.05, 4.69) is 62.5 Å². The highest BCUT2D eigenvalue weighted by Crippen LogP contribution is 2.13. The molecule has 0 radical (unpaired) electrons. The zero-order valence-electron chi connectivity index (χ0n) is 38.5. The first-order chi connectivity index (χ1) is 32.2. The molecule has 1 rings (SSSR count). The second-order valence-electron chi connectivity index (χ2n) is 16.4. The molecule has 0 aliphatic rings. The van der Waals surface area contributed by atoms with Crippen molar-refractivity contribution in [2.24, 2.45) is 17.6 Å². The Morgan fingerprint density at radius 3 is 1.55 bits per heavy atom. The molecule has 26 nitrogen and oxygen atoms in total. The summed E-state index contributed by atoms with van der Waals surface area (Å²) in [4.78, 5) is 140. The van der Waals surface area contributed by atoms with Crippen molar-refractivity contribution in [1.29, 1.82) is 0 Å². The second-order valence-corrected chi connectivity index (χ2v) is 17.1. The van der Waals surface area contributed by atoms with Crippen LogP contribution in [0, 0.1) is 11.8 Å². The van der Waals surface area contributed by atoms with E-state index >= 15 is 0 Å². The summed E-state index contributed by atoms with van der Waals surface area (Å²) in [5.41, 5.74) is 6.17. The number of carboxylic acid groups (broad SMARTS) is 2. The Morgan fingerprint density at radius 1 is 0.580 bits per heavy atom. The molecule has 0 saturated carbocycles. The van der Waals surface area contributed by atoms with Crippen LogP contribution in [0.3, 0.4) is 0 Å². The molecular weight excluding hydrogens is 953 g/mol. The summed E-state index contributed by atoms with van der Waals surface area (Å²) < 4.78 is 0. The number of phenolic OH excluding ortho intramolecular Hbond substituents is 1. The Hall–Kier alpha value is -6.23. The molecular formula is C41H64N10O16S2. The van der Waals surface area contributed by atoms with Crippen LogP contribution >= 0.6 is 25.3 Å². The number of hydrogen-bond donors (Lipinski definition) is 17. The highest BCUT2D eigenvalue weighted by atomic mass is 32.1. The number of carboxylic acids is 2. The molecule has 0 aliphatic heterocycles. The number of aliphatic hydroxyl groups is 2. The smallest absolute Gasteiger partial charge is 0.327 e. The van der Waals surface area contributed by atoms with Gasteiger partial charge in [0.2, 0.25) is 53.2 Å². The Balaban J connectivity index is 3.11. The van der Waals surface area contributed by atoms with Crippen molar-refractivity contribution in [1.82, 2.24) is 47.9 Å². The summed E-state index contributed by atoms with van der Waals surface area (Å²) in [5, 5.41) is 69.1. The molecule has 1 aromatic carbocycles. The predicted molar refractivity (Wildman–Crippen MR) is 250 cm³/mol. The quantitative estimate of drug-likeness (QED) is 0.0320. The molecule has 16 N–H and O–H groups in total. The van der Waals surface area contributed by atoms with Gasteiger partial charge in [-0.3, -0.25) is 47.9 Å². The van der Waals surface area contributed by atoms with Gasteiger partial charge in [0, 0.05) is 17.9 Å². The Bertz CT molecular complexity index is 1980. The third-order valence-electron chi connectivity index (χ3n) is 9.70. The number of carbonyl (C=O) groups excluding carboxylic acids is 9. The lowest BCUT2D eigenvalue weighted by Crippen LogP contribution is -2.61. The van der Waals surface area contributed by atoms with Crippen LogP contribution < -0.4 is 53.6 Å². The number of aliphatic hydroxyl groups excluding tert-OH is 2. The van der Waals surface area contributed by atoms with E-state index in [0.29, 0.717) is 5.56 Å². The van der Waals surface area contributed by atoms with Gasteiger partial charge in [0.1, 0.15) is 48.0 Å². The topological polar surface area (TPSA) is 423 Å². The average molecular weight is 1020 g/mol. The van der Waals surface area contributed by atoms with Crippen LogP contribution in [0.15, 0.2) is 24.3 Å². The van der Waals surface area contributed by atoms with Gasteiger partial charge in [-0.1, -0.05) is 39.8 Å². The van der Waals surface area contributed by atoms with Crippen LogP contribution in [0.4, 0.5) is 0 Å². The summed E-state index contributed by atoms with van der Waals surface area (Å²) in [7, 11) is 0. The number of carbonyl (C=O) groups is 11. The molecule has 28 heteroatoms. The molecule has 9 amide bonds. The molecule has 69 heavy (non-hydrogen) atoms. The van der Waals surface area contributed by atoms with Crippen molar-refractivity contribution in [3.63, 3.8) is 0 Å². The minimum absolute atomic E-state index is 0.0239. The first-order valence-electron chi connectivity index (χ1n) is 21.4. The fraction of sp³-hybridized carbons (Fsp3) is 0.585. The number of hydrogen-bond acceptors (Lipinski definition) is 17. The number of aliphatic carboxylic acids is 2. The van der Waals surface area contributed by atoms with Gasteiger partial charge in [-0.05, 0) is 42.9 Å². The first-order valence-corrected chi connectivity index (χ1v) is 22.7. The predicted octanol–water partition coefficient (Wildman–Crippen LogP) is -5.62. The van der Waals surface area contributed by atoms with Crippen LogP contribution in [0.1, 0.15) is 53.0 Å². The Kier molecular flexibility index (Phi) is 26.7. The van der Waals surface area contributed by atoms with Crippen LogP contribution in [-0.4, -0.2) is 176 Å². The van der Waals surface area contributed by atoms with E-state index in [9.17, 15) is 73.2 Å². The van der Waals surface area contributed by atoms with Crippen molar-refractivity contribution in [2.75, 3.05) is 31.2 Å².